The highest BCUT2D eigenvalue weighted by Crippen LogP contribution is 2.34. The summed E-state index contributed by atoms with van der Waals surface area (Å²) in [6.45, 7) is 0.744. The van der Waals surface area contributed by atoms with Gasteiger partial charge >= 0.3 is 6.18 Å². The van der Waals surface area contributed by atoms with Crippen molar-refractivity contribution >= 4 is 22.9 Å². The molecular formula is C14H19F3N2OS. The molecule has 21 heavy (non-hydrogen) atoms. The van der Waals surface area contributed by atoms with Gasteiger partial charge in [0.15, 0.2) is 0 Å². The van der Waals surface area contributed by atoms with Crippen molar-refractivity contribution in [2.24, 2.45) is 5.73 Å². The molecule has 1 aromatic carbocycles. The molecular weight excluding hydrogens is 301 g/mol. The lowest BCUT2D eigenvalue weighted by atomic mass is 10.1. The fraction of sp³-hybridized carbons (Fsp3) is 0.500. The lowest BCUT2D eigenvalue weighted by Crippen LogP contribution is -2.22. The van der Waals surface area contributed by atoms with Gasteiger partial charge in [-0.1, -0.05) is 12.2 Å². The molecule has 7 heteroatoms. The van der Waals surface area contributed by atoms with E-state index in [1.165, 1.54) is 6.07 Å². The zero-order valence-electron chi connectivity index (χ0n) is 11.8. The van der Waals surface area contributed by atoms with Crippen LogP contribution in [0.4, 0.5) is 18.9 Å². The van der Waals surface area contributed by atoms with Crippen molar-refractivity contribution in [3.63, 3.8) is 0 Å². The molecule has 0 saturated carbocycles. The molecule has 118 valence electrons. The summed E-state index contributed by atoms with van der Waals surface area (Å²) in [6, 6.07) is 3.96. The summed E-state index contributed by atoms with van der Waals surface area (Å²) in [5, 5.41) is 8.69. The van der Waals surface area contributed by atoms with Crippen molar-refractivity contribution in [1.29, 1.82) is 0 Å². The summed E-state index contributed by atoms with van der Waals surface area (Å²) in [5.74, 6) is 0. The molecule has 0 aliphatic rings. The number of thiocarbonyl (C=S) groups is 1. The molecule has 0 bridgehead atoms. The number of hydrogen-bond donors (Lipinski definition) is 2. The quantitative estimate of drug-likeness (QED) is 0.599. The standard InChI is InChI=1S/C14H19F3N2OS/c1-19(7-3-2-4-8-20)10-5-6-11(13(18)21)12(9-10)14(15,16)17/h5-6,9,20H,2-4,7-8H2,1H3,(H2,18,21). The number of rotatable bonds is 7. The van der Waals surface area contributed by atoms with Crippen LogP contribution < -0.4 is 10.6 Å². The molecule has 0 aliphatic carbocycles. The first kappa shape index (κ1) is 17.7. The van der Waals surface area contributed by atoms with Crippen molar-refractivity contribution in [1.82, 2.24) is 0 Å². The van der Waals surface area contributed by atoms with E-state index < -0.39 is 11.7 Å². The molecule has 0 amide bonds. The molecule has 0 saturated heterocycles. The summed E-state index contributed by atoms with van der Waals surface area (Å²) in [6.07, 6.45) is -2.16. The van der Waals surface area contributed by atoms with Gasteiger partial charge in [0.05, 0.1) is 5.56 Å². The van der Waals surface area contributed by atoms with Crippen LogP contribution in [0.15, 0.2) is 18.2 Å². The highest BCUT2D eigenvalue weighted by molar-refractivity contribution is 7.80. The van der Waals surface area contributed by atoms with E-state index in [1.54, 1.807) is 18.0 Å². The fourth-order valence-electron chi connectivity index (χ4n) is 1.99. The Morgan fingerprint density at radius 1 is 1.29 bits per heavy atom. The Morgan fingerprint density at radius 3 is 2.48 bits per heavy atom. The minimum Gasteiger partial charge on any atom is -0.396 e. The van der Waals surface area contributed by atoms with E-state index in [0.29, 0.717) is 18.7 Å². The molecule has 1 aromatic rings. The molecule has 1 rings (SSSR count). The number of halogens is 3. The minimum absolute atomic E-state index is 0.130. The molecule has 3 N–H and O–H groups in total. The lowest BCUT2D eigenvalue weighted by molar-refractivity contribution is -0.137. The highest BCUT2D eigenvalue weighted by atomic mass is 32.1. The van der Waals surface area contributed by atoms with Crippen LogP contribution in [0, 0.1) is 0 Å². The maximum absolute atomic E-state index is 13.0. The number of alkyl halides is 3. The SMILES string of the molecule is CN(CCCCCO)c1ccc(C(N)=S)c(C(F)(F)F)c1. The third-order valence-corrected chi connectivity index (χ3v) is 3.39. The van der Waals surface area contributed by atoms with Gasteiger partial charge in [-0.05, 0) is 37.5 Å². The van der Waals surface area contributed by atoms with Crippen LogP contribution >= 0.6 is 12.2 Å². The average Bonchev–Trinajstić information content (AvgIpc) is 2.41. The molecule has 0 unspecified atom stereocenters. The van der Waals surface area contributed by atoms with Crippen molar-refractivity contribution in [2.45, 2.75) is 25.4 Å². The van der Waals surface area contributed by atoms with Crippen LogP contribution in [-0.4, -0.2) is 30.3 Å². The number of hydrogen-bond acceptors (Lipinski definition) is 3. The Labute approximate surface area is 127 Å². The first-order valence-corrected chi connectivity index (χ1v) is 7.01. The van der Waals surface area contributed by atoms with Gasteiger partial charge in [-0.3, -0.25) is 0 Å². The van der Waals surface area contributed by atoms with Crippen LogP contribution in [0.1, 0.15) is 30.4 Å². The summed E-state index contributed by atoms with van der Waals surface area (Å²) in [5.41, 5.74) is 4.84. The third kappa shape index (κ3) is 5.17. The molecule has 3 nitrogen and oxygen atoms in total. The van der Waals surface area contributed by atoms with Gasteiger partial charge in [-0.15, -0.1) is 0 Å². The van der Waals surface area contributed by atoms with Crippen LogP contribution in [0.2, 0.25) is 0 Å². The zero-order valence-corrected chi connectivity index (χ0v) is 12.6. The predicted molar refractivity (Wildman–Crippen MR) is 81.5 cm³/mol. The second kappa shape index (κ2) is 7.61. The number of nitrogens with zero attached hydrogens (tertiary/aromatic N) is 1. The van der Waals surface area contributed by atoms with Crippen molar-refractivity contribution in [2.75, 3.05) is 25.1 Å². The first-order valence-electron chi connectivity index (χ1n) is 6.60. The second-order valence-corrected chi connectivity index (χ2v) is 5.24. The second-order valence-electron chi connectivity index (χ2n) is 4.80. The van der Waals surface area contributed by atoms with E-state index in [4.69, 9.17) is 10.8 Å². The number of aliphatic hydroxyl groups is 1. The first-order chi connectivity index (χ1) is 9.77. The molecule has 0 fully saturated rings. The van der Waals surface area contributed by atoms with E-state index in [9.17, 15) is 13.2 Å². The van der Waals surface area contributed by atoms with Crippen LogP contribution in [0.25, 0.3) is 0 Å². The van der Waals surface area contributed by atoms with Gasteiger partial charge in [-0.25, -0.2) is 0 Å². The topological polar surface area (TPSA) is 49.5 Å². The molecule has 0 atom stereocenters. The maximum Gasteiger partial charge on any atom is 0.417 e. The Bertz CT molecular complexity index is 492. The normalized spacial score (nSPS) is 11.5. The monoisotopic (exact) mass is 320 g/mol. The Morgan fingerprint density at radius 2 is 1.95 bits per heavy atom. The van der Waals surface area contributed by atoms with Crippen LogP contribution in [0.5, 0.6) is 0 Å². The van der Waals surface area contributed by atoms with Crippen molar-refractivity contribution < 1.29 is 18.3 Å². The predicted octanol–water partition coefficient (Wildman–Crippen LogP) is 2.94. The van der Waals surface area contributed by atoms with E-state index in [-0.39, 0.29) is 17.2 Å². The maximum atomic E-state index is 13.0. The number of anilines is 1. The van der Waals surface area contributed by atoms with E-state index in [1.807, 2.05) is 0 Å². The summed E-state index contributed by atoms with van der Waals surface area (Å²) in [4.78, 5) is 1.48. The molecule has 0 spiro atoms. The van der Waals surface area contributed by atoms with Crippen LogP contribution in [0.3, 0.4) is 0 Å². The zero-order chi connectivity index (χ0) is 16.0. The third-order valence-electron chi connectivity index (χ3n) is 3.17. The van der Waals surface area contributed by atoms with E-state index in [0.717, 1.165) is 18.9 Å². The van der Waals surface area contributed by atoms with Gasteiger partial charge in [-0.2, -0.15) is 13.2 Å². The summed E-state index contributed by atoms with van der Waals surface area (Å²) >= 11 is 4.67. The largest absolute Gasteiger partial charge is 0.417 e. The van der Waals surface area contributed by atoms with Crippen LogP contribution in [-0.2, 0) is 6.18 Å². The molecule has 0 aliphatic heterocycles. The molecule has 0 heterocycles. The smallest absolute Gasteiger partial charge is 0.396 e. The van der Waals surface area contributed by atoms with Crippen molar-refractivity contribution in [3.8, 4) is 0 Å². The Kier molecular flexibility index (Phi) is 6.42. The minimum atomic E-state index is -4.49. The Hall–Kier alpha value is -1.34. The molecule has 0 aromatic heterocycles. The average molecular weight is 320 g/mol. The number of unbranched alkanes of at least 4 members (excludes halogenated alkanes) is 2. The number of aliphatic hydroxyl groups excluding tert-OH is 1. The Balaban J connectivity index is 2.92. The summed E-state index contributed by atoms with van der Waals surface area (Å²) < 4.78 is 39.1. The van der Waals surface area contributed by atoms with Gasteiger partial charge in [0.1, 0.15) is 4.99 Å². The van der Waals surface area contributed by atoms with Gasteiger partial charge < -0.3 is 15.7 Å². The lowest BCUT2D eigenvalue weighted by Gasteiger charge is -2.22. The molecule has 0 radical (unpaired) electrons. The van der Waals surface area contributed by atoms with Gasteiger partial charge in [0.2, 0.25) is 0 Å². The fourth-order valence-corrected chi connectivity index (χ4v) is 2.16. The number of nitrogens with two attached hydrogens (primary N) is 1. The number of benzene rings is 1. The van der Waals surface area contributed by atoms with Gasteiger partial charge in [0.25, 0.3) is 0 Å². The highest BCUT2D eigenvalue weighted by Gasteiger charge is 2.34. The van der Waals surface area contributed by atoms with Gasteiger partial charge in [0, 0.05) is 31.5 Å². The van der Waals surface area contributed by atoms with Crippen molar-refractivity contribution in [3.05, 3.63) is 29.3 Å². The van der Waals surface area contributed by atoms with E-state index >= 15 is 0 Å². The summed E-state index contributed by atoms with van der Waals surface area (Å²) in [7, 11) is 1.73. The van der Waals surface area contributed by atoms with E-state index in [2.05, 4.69) is 12.2 Å².